The Morgan fingerprint density at radius 2 is 1.76 bits per heavy atom. The molecule has 2 N–H and O–H groups in total. The second-order valence-electron chi connectivity index (χ2n) is 9.00. The Hall–Kier alpha value is -3.39. The molecule has 3 amide bonds. The number of rotatable bonds is 7. The fraction of sp³-hybridized carbons (Fsp3) is 0.423. The predicted molar refractivity (Wildman–Crippen MR) is 133 cm³/mol. The minimum Gasteiger partial charge on any atom is -0.449 e. The van der Waals surface area contributed by atoms with Crippen LogP contribution in [0.1, 0.15) is 36.2 Å². The molecule has 1 heterocycles. The molecule has 2 aromatic rings. The lowest BCUT2D eigenvalue weighted by Crippen LogP contribution is -2.38. The Bertz CT molecular complexity index is 1010. The van der Waals surface area contributed by atoms with Crippen molar-refractivity contribution in [2.75, 3.05) is 50.0 Å². The molecule has 3 rings (SSSR count). The smallest absolute Gasteiger partial charge is 0.409 e. The highest BCUT2D eigenvalue weighted by molar-refractivity contribution is 6.10. The number of hydrogen-bond acceptors (Lipinski definition) is 5. The standard InChI is InChI=1S/C26H34N4O4/c1-19(2)18-34-26(33)30-13-7-12-29(14-15-30)17-24(31)28-23-11-5-4-10-22(23)25(32)27-21-9-6-8-20(3)16-21/h4-6,8-11,16,19H,7,12-15,17-18H2,1-3H3,(H,27,32)(H,28,31). The average molecular weight is 467 g/mol. The van der Waals surface area contributed by atoms with Gasteiger partial charge >= 0.3 is 6.09 Å². The van der Waals surface area contributed by atoms with E-state index < -0.39 is 0 Å². The zero-order valence-corrected chi connectivity index (χ0v) is 20.2. The lowest BCUT2D eigenvalue weighted by Gasteiger charge is -2.22. The summed E-state index contributed by atoms with van der Waals surface area (Å²) in [6.07, 6.45) is 0.466. The molecule has 0 spiro atoms. The first-order valence-corrected chi connectivity index (χ1v) is 11.7. The molecule has 0 aromatic heterocycles. The van der Waals surface area contributed by atoms with Gasteiger partial charge in [0.05, 0.1) is 24.4 Å². The highest BCUT2D eigenvalue weighted by atomic mass is 16.6. The van der Waals surface area contributed by atoms with Crippen LogP contribution in [0.2, 0.25) is 0 Å². The summed E-state index contributed by atoms with van der Waals surface area (Å²) in [6, 6.07) is 14.5. The molecule has 1 fully saturated rings. The Kier molecular flexibility index (Phi) is 9.04. The molecule has 182 valence electrons. The van der Waals surface area contributed by atoms with Crippen molar-refractivity contribution in [3.8, 4) is 0 Å². The van der Waals surface area contributed by atoms with Crippen LogP contribution in [-0.4, -0.2) is 67.0 Å². The summed E-state index contributed by atoms with van der Waals surface area (Å²) < 4.78 is 5.33. The number of nitrogens with one attached hydrogen (secondary N) is 2. The molecule has 0 saturated carbocycles. The van der Waals surface area contributed by atoms with E-state index in [-0.39, 0.29) is 30.4 Å². The molecule has 0 radical (unpaired) electrons. The molecule has 0 unspecified atom stereocenters. The van der Waals surface area contributed by atoms with Gasteiger partial charge in [0.25, 0.3) is 5.91 Å². The van der Waals surface area contributed by atoms with E-state index in [0.717, 1.165) is 12.0 Å². The molecular weight excluding hydrogens is 432 g/mol. The van der Waals surface area contributed by atoms with E-state index in [1.165, 1.54) is 0 Å². The third kappa shape index (κ3) is 7.59. The number of hydrogen-bond donors (Lipinski definition) is 2. The van der Waals surface area contributed by atoms with Crippen molar-refractivity contribution in [2.45, 2.75) is 27.2 Å². The van der Waals surface area contributed by atoms with Crippen LogP contribution in [0.3, 0.4) is 0 Å². The maximum absolute atomic E-state index is 12.8. The number of nitrogens with zero attached hydrogens (tertiary/aromatic N) is 2. The number of carbonyl (C=O) groups excluding carboxylic acids is 3. The summed E-state index contributed by atoms with van der Waals surface area (Å²) >= 11 is 0. The van der Waals surface area contributed by atoms with E-state index in [1.54, 1.807) is 29.2 Å². The van der Waals surface area contributed by atoms with Crippen LogP contribution >= 0.6 is 0 Å². The Labute approximate surface area is 201 Å². The van der Waals surface area contributed by atoms with Crippen molar-refractivity contribution in [2.24, 2.45) is 5.92 Å². The molecule has 0 bridgehead atoms. The van der Waals surface area contributed by atoms with E-state index in [1.807, 2.05) is 49.9 Å². The fourth-order valence-electron chi connectivity index (χ4n) is 3.75. The van der Waals surface area contributed by atoms with Crippen molar-refractivity contribution in [3.05, 3.63) is 59.7 Å². The van der Waals surface area contributed by atoms with Gasteiger partial charge < -0.3 is 20.3 Å². The number of ether oxygens (including phenoxy) is 1. The number of benzene rings is 2. The summed E-state index contributed by atoms with van der Waals surface area (Å²) in [5.74, 6) is -0.198. The van der Waals surface area contributed by atoms with Gasteiger partial charge in [-0.25, -0.2) is 4.79 Å². The van der Waals surface area contributed by atoms with Crippen molar-refractivity contribution < 1.29 is 19.1 Å². The molecule has 1 aliphatic heterocycles. The fourth-order valence-corrected chi connectivity index (χ4v) is 3.75. The van der Waals surface area contributed by atoms with E-state index in [0.29, 0.717) is 49.7 Å². The van der Waals surface area contributed by atoms with Crippen LogP contribution in [0, 0.1) is 12.8 Å². The molecule has 8 nitrogen and oxygen atoms in total. The molecule has 1 aliphatic rings. The van der Waals surface area contributed by atoms with E-state index in [2.05, 4.69) is 10.6 Å². The first-order chi connectivity index (χ1) is 16.3. The maximum atomic E-state index is 12.8. The second-order valence-corrected chi connectivity index (χ2v) is 9.00. The van der Waals surface area contributed by atoms with E-state index in [9.17, 15) is 14.4 Å². The van der Waals surface area contributed by atoms with Gasteiger partial charge in [0.2, 0.25) is 5.91 Å². The second kappa shape index (κ2) is 12.2. The number of amides is 3. The third-order valence-corrected chi connectivity index (χ3v) is 5.48. The van der Waals surface area contributed by atoms with E-state index >= 15 is 0 Å². The Morgan fingerprint density at radius 3 is 2.53 bits per heavy atom. The van der Waals surface area contributed by atoms with Gasteiger partial charge in [0, 0.05) is 31.9 Å². The van der Waals surface area contributed by atoms with Gasteiger partial charge in [-0.2, -0.15) is 0 Å². The van der Waals surface area contributed by atoms with Crippen LogP contribution in [0.25, 0.3) is 0 Å². The summed E-state index contributed by atoms with van der Waals surface area (Å²) in [5.41, 5.74) is 2.61. The highest BCUT2D eigenvalue weighted by Crippen LogP contribution is 2.18. The molecular formula is C26H34N4O4. The molecule has 0 atom stereocenters. The average Bonchev–Trinajstić information content (AvgIpc) is 3.03. The monoisotopic (exact) mass is 466 g/mol. The van der Waals surface area contributed by atoms with Crippen LogP contribution in [0.15, 0.2) is 48.5 Å². The van der Waals surface area contributed by atoms with Crippen molar-refractivity contribution in [3.63, 3.8) is 0 Å². The zero-order valence-electron chi connectivity index (χ0n) is 20.2. The molecule has 34 heavy (non-hydrogen) atoms. The minimum absolute atomic E-state index is 0.183. The van der Waals surface area contributed by atoms with Crippen LogP contribution in [0.5, 0.6) is 0 Å². The van der Waals surface area contributed by atoms with Gasteiger partial charge in [-0.05, 0) is 49.1 Å². The number of anilines is 2. The van der Waals surface area contributed by atoms with Gasteiger partial charge in [-0.1, -0.05) is 38.1 Å². The molecule has 2 aromatic carbocycles. The predicted octanol–water partition coefficient (Wildman–Crippen LogP) is 3.99. The Morgan fingerprint density at radius 1 is 0.971 bits per heavy atom. The third-order valence-electron chi connectivity index (χ3n) is 5.48. The van der Waals surface area contributed by atoms with Crippen LogP contribution in [0.4, 0.5) is 16.2 Å². The number of carbonyl (C=O) groups is 3. The summed E-state index contributed by atoms with van der Waals surface area (Å²) in [6.45, 7) is 8.95. The normalized spacial score (nSPS) is 14.4. The van der Waals surface area contributed by atoms with E-state index in [4.69, 9.17) is 4.74 Å². The first kappa shape index (κ1) is 25.2. The maximum Gasteiger partial charge on any atom is 0.409 e. The zero-order chi connectivity index (χ0) is 24.5. The van der Waals surface area contributed by atoms with Gasteiger partial charge in [-0.15, -0.1) is 0 Å². The lowest BCUT2D eigenvalue weighted by molar-refractivity contribution is -0.117. The lowest BCUT2D eigenvalue weighted by atomic mass is 10.1. The quantitative estimate of drug-likeness (QED) is 0.644. The number of para-hydroxylation sites is 1. The molecule has 0 aliphatic carbocycles. The van der Waals surface area contributed by atoms with Crippen molar-refractivity contribution >= 4 is 29.3 Å². The topological polar surface area (TPSA) is 91.0 Å². The summed E-state index contributed by atoms with van der Waals surface area (Å²) in [5, 5.41) is 5.76. The van der Waals surface area contributed by atoms with Crippen molar-refractivity contribution in [1.82, 2.24) is 9.80 Å². The number of aryl methyl sites for hydroxylation is 1. The molecule has 1 saturated heterocycles. The molecule has 8 heteroatoms. The van der Waals surface area contributed by atoms with Gasteiger partial charge in [0.15, 0.2) is 0 Å². The summed E-state index contributed by atoms with van der Waals surface area (Å²) in [4.78, 5) is 41.6. The first-order valence-electron chi connectivity index (χ1n) is 11.7. The summed E-state index contributed by atoms with van der Waals surface area (Å²) in [7, 11) is 0. The van der Waals surface area contributed by atoms with Crippen LogP contribution < -0.4 is 10.6 Å². The largest absolute Gasteiger partial charge is 0.449 e. The highest BCUT2D eigenvalue weighted by Gasteiger charge is 2.22. The van der Waals surface area contributed by atoms with Crippen molar-refractivity contribution in [1.29, 1.82) is 0 Å². The minimum atomic E-state index is -0.298. The SMILES string of the molecule is Cc1cccc(NC(=O)c2ccccc2NC(=O)CN2CCCN(C(=O)OCC(C)C)CC2)c1. The van der Waals surface area contributed by atoms with Crippen LogP contribution in [-0.2, 0) is 9.53 Å². The van der Waals surface area contributed by atoms with Gasteiger partial charge in [0.1, 0.15) is 0 Å². The Balaban J connectivity index is 1.55. The van der Waals surface area contributed by atoms with Gasteiger partial charge in [-0.3, -0.25) is 14.5 Å².